The van der Waals surface area contributed by atoms with Gasteiger partial charge >= 0.3 is 0 Å². The van der Waals surface area contributed by atoms with Crippen molar-refractivity contribution in [2.45, 2.75) is 32.2 Å². The molecule has 0 bridgehead atoms. The van der Waals surface area contributed by atoms with Gasteiger partial charge in [-0.15, -0.1) is 0 Å². The third-order valence-electron chi connectivity index (χ3n) is 4.35. The van der Waals surface area contributed by atoms with E-state index in [-0.39, 0.29) is 12.0 Å². The minimum absolute atomic E-state index is 0.117. The quantitative estimate of drug-likeness (QED) is 0.675. The van der Waals surface area contributed by atoms with Gasteiger partial charge in [-0.05, 0) is 61.1 Å². The molecule has 2 aromatic rings. The summed E-state index contributed by atoms with van der Waals surface area (Å²) in [7, 11) is 1.65. The van der Waals surface area contributed by atoms with E-state index in [1.165, 1.54) is 0 Å². The van der Waals surface area contributed by atoms with Crippen LogP contribution in [0.5, 0.6) is 5.75 Å². The van der Waals surface area contributed by atoms with Crippen LogP contribution in [-0.4, -0.2) is 12.1 Å². The lowest BCUT2D eigenvalue weighted by Gasteiger charge is -2.20. The number of fused-ring (bicyclic) bond motifs is 1. The first-order valence-corrected chi connectivity index (χ1v) is 7.71. The number of pyridine rings is 1. The Morgan fingerprint density at radius 2 is 1.95 bits per heavy atom. The molecule has 0 aliphatic heterocycles. The maximum absolute atomic E-state index is 14.1. The molecule has 1 aromatic heterocycles. The fourth-order valence-electron chi connectivity index (χ4n) is 3.10. The van der Waals surface area contributed by atoms with E-state index < -0.39 is 0 Å². The molecule has 0 saturated heterocycles. The van der Waals surface area contributed by atoms with Crippen molar-refractivity contribution in [2.24, 2.45) is 5.92 Å². The molecule has 1 aliphatic rings. The zero-order valence-electron chi connectivity index (χ0n) is 13.0. The number of nitrogens with one attached hydrogen (secondary N) is 1. The number of benzene rings is 1. The van der Waals surface area contributed by atoms with Crippen LogP contribution in [0.1, 0.15) is 36.9 Å². The lowest BCUT2D eigenvalue weighted by molar-refractivity contribution is 0.415. The summed E-state index contributed by atoms with van der Waals surface area (Å²) in [6.07, 6.45) is 4.38. The lowest BCUT2D eigenvalue weighted by atomic mass is 9.99. The normalized spacial score (nSPS) is 20.9. The van der Waals surface area contributed by atoms with Gasteiger partial charge in [0.1, 0.15) is 5.75 Å². The van der Waals surface area contributed by atoms with E-state index in [0.29, 0.717) is 5.92 Å². The van der Waals surface area contributed by atoms with Gasteiger partial charge in [-0.3, -0.25) is 0 Å². The maximum Gasteiger partial charge on any atom is 0.216 e. The first kappa shape index (κ1) is 14.8. The number of hydrogen-bond donors (Lipinski definition) is 1. The van der Waals surface area contributed by atoms with Crippen molar-refractivity contribution in [3.63, 3.8) is 0 Å². The molecule has 0 radical (unpaired) electrons. The first-order chi connectivity index (χ1) is 10.7. The molecule has 0 saturated carbocycles. The molecular weight excluding hydrogens is 279 g/mol. The highest BCUT2D eigenvalue weighted by atomic mass is 19.1. The van der Waals surface area contributed by atoms with Crippen molar-refractivity contribution >= 4 is 5.69 Å². The average molecular weight is 300 g/mol. The lowest BCUT2D eigenvalue weighted by Crippen LogP contribution is -2.12. The summed E-state index contributed by atoms with van der Waals surface area (Å²) >= 11 is 0. The van der Waals surface area contributed by atoms with Crippen LogP contribution in [0.25, 0.3) is 0 Å². The molecule has 1 aromatic carbocycles. The minimum atomic E-state index is -0.326. The number of rotatable bonds is 3. The Morgan fingerprint density at radius 1 is 1.18 bits per heavy atom. The Balaban J connectivity index is 1.88. The molecular formula is C18H21FN2O. The molecule has 116 valence electrons. The number of ether oxygens (including phenoxy) is 1. The van der Waals surface area contributed by atoms with Gasteiger partial charge in [0.2, 0.25) is 5.95 Å². The summed E-state index contributed by atoms with van der Waals surface area (Å²) in [4.78, 5) is 3.82. The van der Waals surface area contributed by atoms with Gasteiger partial charge in [0.25, 0.3) is 0 Å². The Hall–Kier alpha value is -2.10. The molecule has 22 heavy (non-hydrogen) atoms. The number of nitrogens with zero attached hydrogens (tertiary/aromatic N) is 1. The Kier molecular flexibility index (Phi) is 4.27. The largest absolute Gasteiger partial charge is 0.497 e. The highest BCUT2D eigenvalue weighted by Gasteiger charge is 2.24. The Labute approximate surface area is 130 Å². The topological polar surface area (TPSA) is 34.1 Å². The van der Waals surface area contributed by atoms with E-state index in [1.807, 2.05) is 30.3 Å². The zero-order valence-corrected chi connectivity index (χ0v) is 13.0. The molecule has 2 atom stereocenters. The smallest absolute Gasteiger partial charge is 0.216 e. The first-order valence-electron chi connectivity index (χ1n) is 7.71. The van der Waals surface area contributed by atoms with Crippen molar-refractivity contribution in [1.82, 2.24) is 4.98 Å². The molecule has 1 unspecified atom stereocenters. The van der Waals surface area contributed by atoms with Crippen LogP contribution in [0.2, 0.25) is 0 Å². The molecule has 4 heteroatoms. The third kappa shape index (κ3) is 3.06. The molecule has 0 spiro atoms. The molecule has 1 aliphatic carbocycles. The number of methoxy groups -OCH3 is 1. The van der Waals surface area contributed by atoms with Crippen LogP contribution in [0.3, 0.4) is 0 Å². The zero-order chi connectivity index (χ0) is 15.5. The third-order valence-corrected chi connectivity index (χ3v) is 4.35. The van der Waals surface area contributed by atoms with Gasteiger partial charge in [0, 0.05) is 17.4 Å². The summed E-state index contributed by atoms with van der Waals surface area (Å²) in [5.41, 5.74) is 2.81. The maximum atomic E-state index is 14.1. The summed E-state index contributed by atoms with van der Waals surface area (Å²) < 4.78 is 19.3. The van der Waals surface area contributed by atoms with Crippen molar-refractivity contribution in [2.75, 3.05) is 12.4 Å². The second-order valence-electron chi connectivity index (χ2n) is 5.98. The van der Waals surface area contributed by atoms with Gasteiger partial charge in [-0.25, -0.2) is 4.98 Å². The molecule has 1 N–H and O–H groups in total. The van der Waals surface area contributed by atoms with Gasteiger partial charge in [-0.1, -0.05) is 6.92 Å². The SMILES string of the molecule is COc1ccc(N[C@@H]2CCC(C)Cc3c2ccnc3F)cc1. The van der Waals surface area contributed by atoms with E-state index in [9.17, 15) is 4.39 Å². The van der Waals surface area contributed by atoms with E-state index in [2.05, 4.69) is 17.2 Å². The molecule has 1 heterocycles. The van der Waals surface area contributed by atoms with E-state index >= 15 is 0 Å². The average Bonchev–Trinajstić information content (AvgIpc) is 2.69. The van der Waals surface area contributed by atoms with Crippen LogP contribution in [-0.2, 0) is 6.42 Å². The Bertz CT molecular complexity index is 642. The van der Waals surface area contributed by atoms with E-state index in [0.717, 1.165) is 41.8 Å². The van der Waals surface area contributed by atoms with Gasteiger partial charge in [-0.2, -0.15) is 4.39 Å². The van der Waals surface area contributed by atoms with Crippen LogP contribution < -0.4 is 10.1 Å². The van der Waals surface area contributed by atoms with Crippen LogP contribution in [0.15, 0.2) is 36.5 Å². The standard InChI is InChI=1S/C18H21FN2O/c1-12-3-8-17(15-9-10-20-18(19)16(15)11-12)21-13-4-6-14(22-2)7-5-13/h4-7,9-10,12,17,21H,3,8,11H2,1-2H3/t12?,17-/m1/s1. The van der Waals surface area contributed by atoms with E-state index in [1.54, 1.807) is 13.3 Å². The molecule has 3 nitrogen and oxygen atoms in total. The molecule has 3 rings (SSSR count). The number of halogens is 1. The van der Waals surface area contributed by atoms with Crippen molar-refractivity contribution < 1.29 is 9.13 Å². The summed E-state index contributed by atoms with van der Waals surface area (Å²) in [5.74, 6) is 0.976. The highest BCUT2D eigenvalue weighted by molar-refractivity contribution is 5.49. The summed E-state index contributed by atoms with van der Waals surface area (Å²) in [6, 6.07) is 9.89. The predicted octanol–water partition coefficient (Wildman–Crippen LogP) is 4.35. The van der Waals surface area contributed by atoms with E-state index in [4.69, 9.17) is 4.74 Å². The van der Waals surface area contributed by atoms with Gasteiger partial charge < -0.3 is 10.1 Å². The monoisotopic (exact) mass is 300 g/mol. The Morgan fingerprint density at radius 3 is 2.68 bits per heavy atom. The molecule has 0 amide bonds. The fourth-order valence-corrected chi connectivity index (χ4v) is 3.10. The van der Waals surface area contributed by atoms with Gasteiger partial charge in [0.05, 0.1) is 13.2 Å². The van der Waals surface area contributed by atoms with Crippen molar-refractivity contribution in [3.8, 4) is 5.75 Å². The minimum Gasteiger partial charge on any atom is -0.497 e. The van der Waals surface area contributed by atoms with Crippen LogP contribution in [0.4, 0.5) is 10.1 Å². The highest BCUT2D eigenvalue weighted by Crippen LogP contribution is 2.34. The number of anilines is 1. The second-order valence-corrected chi connectivity index (χ2v) is 5.98. The second kappa shape index (κ2) is 6.34. The van der Waals surface area contributed by atoms with Crippen molar-refractivity contribution in [3.05, 3.63) is 53.6 Å². The summed E-state index contributed by atoms with van der Waals surface area (Å²) in [6.45, 7) is 2.17. The number of aromatic nitrogens is 1. The molecule has 0 fully saturated rings. The summed E-state index contributed by atoms with van der Waals surface area (Å²) in [5, 5.41) is 3.53. The fraction of sp³-hybridized carbons (Fsp3) is 0.389. The van der Waals surface area contributed by atoms with Crippen molar-refractivity contribution in [1.29, 1.82) is 0 Å². The predicted molar refractivity (Wildman–Crippen MR) is 85.7 cm³/mol. The van der Waals surface area contributed by atoms with Gasteiger partial charge in [0.15, 0.2) is 0 Å². The van der Waals surface area contributed by atoms with Crippen LogP contribution >= 0.6 is 0 Å². The number of hydrogen-bond acceptors (Lipinski definition) is 3. The van der Waals surface area contributed by atoms with Crippen LogP contribution in [0, 0.1) is 11.9 Å².